The molecule has 2 nitrogen and oxygen atoms in total. The summed E-state index contributed by atoms with van der Waals surface area (Å²) in [6, 6.07) is 13.2. The minimum Gasteiger partial charge on any atom is -0.494 e. The van der Waals surface area contributed by atoms with E-state index in [-0.39, 0.29) is 17.6 Å². The van der Waals surface area contributed by atoms with Gasteiger partial charge in [0.25, 0.3) is 0 Å². The molecular weight excluding hydrogens is 380 g/mol. The topological polar surface area (TPSA) is 21.3 Å². The molecular formula is C17H19FINO. The van der Waals surface area contributed by atoms with Gasteiger partial charge in [-0.1, -0.05) is 37.3 Å². The van der Waals surface area contributed by atoms with Crippen LogP contribution in [0.1, 0.15) is 30.5 Å². The van der Waals surface area contributed by atoms with Crippen LogP contribution in [0.5, 0.6) is 5.75 Å². The maximum atomic E-state index is 14.6. The third-order valence-electron chi connectivity index (χ3n) is 3.34. The molecule has 112 valence electrons. The number of nitrogens with one attached hydrogen (secondary N) is 1. The van der Waals surface area contributed by atoms with Crippen molar-refractivity contribution in [2.45, 2.75) is 19.4 Å². The standard InChI is InChI=1S/C17H19FINO/c1-3-11-20-17(12-7-4-5-9-14(12)19)13-8-6-10-15(21-2)16(13)18/h4-10,17,20H,3,11H2,1-2H3. The quantitative estimate of drug-likeness (QED) is 0.721. The van der Waals surface area contributed by atoms with Crippen LogP contribution in [-0.4, -0.2) is 13.7 Å². The highest BCUT2D eigenvalue weighted by molar-refractivity contribution is 14.1. The highest BCUT2D eigenvalue weighted by Gasteiger charge is 2.21. The normalized spacial score (nSPS) is 12.2. The Morgan fingerprint density at radius 1 is 1.14 bits per heavy atom. The van der Waals surface area contributed by atoms with E-state index in [0.29, 0.717) is 5.56 Å². The third-order valence-corrected chi connectivity index (χ3v) is 4.32. The van der Waals surface area contributed by atoms with Crippen molar-refractivity contribution in [3.05, 3.63) is 63.0 Å². The number of methoxy groups -OCH3 is 1. The van der Waals surface area contributed by atoms with Gasteiger partial charge < -0.3 is 10.1 Å². The zero-order chi connectivity index (χ0) is 15.2. The van der Waals surface area contributed by atoms with Gasteiger partial charge in [-0.2, -0.15) is 0 Å². The van der Waals surface area contributed by atoms with E-state index < -0.39 is 0 Å². The molecule has 0 spiro atoms. The van der Waals surface area contributed by atoms with Gasteiger partial charge in [-0.05, 0) is 53.3 Å². The summed E-state index contributed by atoms with van der Waals surface area (Å²) >= 11 is 2.29. The van der Waals surface area contributed by atoms with Crippen LogP contribution in [0.4, 0.5) is 4.39 Å². The predicted octanol–water partition coefficient (Wildman–Crippen LogP) is 4.53. The second-order valence-electron chi connectivity index (χ2n) is 4.77. The van der Waals surface area contributed by atoms with Gasteiger partial charge in [0.05, 0.1) is 13.2 Å². The van der Waals surface area contributed by atoms with Gasteiger partial charge in [0.2, 0.25) is 0 Å². The van der Waals surface area contributed by atoms with Gasteiger partial charge >= 0.3 is 0 Å². The molecule has 0 saturated heterocycles. The predicted molar refractivity (Wildman–Crippen MR) is 92.2 cm³/mol. The van der Waals surface area contributed by atoms with Gasteiger partial charge in [0, 0.05) is 9.13 Å². The average Bonchev–Trinajstić information content (AvgIpc) is 2.50. The second-order valence-corrected chi connectivity index (χ2v) is 5.93. The van der Waals surface area contributed by atoms with Crippen molar-refractivity contribution < 1.29 is 9.13 Å². The largest absolute Gasteiger partial charge is 0.494 e. The van der Waals surface area contributed by atoms with Crippen LogP contribution in [0.2, 0.25) is 0 Å². The fourth-order valence-electron chi connectivity index (χ4n) is 2.29. The Morgan fingerprint density at radius 2 is 1.86 bits per heavy atom. The average molecular weight is 399 g/mol. The fraction of sp³-hybridized carbons (Fsp3) is 0.294. The molecule has 1 unspecified atom stereocenters. The molecule has 0 saturated carbocycles. The summed E-state index contributed by atoms with van der Waals surface area (Å²) < 4.78 is 20.8. The molecule has 0 fully saturated rings. The molecule has 0 aromatic heterocycles. The number of ether oxygens (including phenoxy) is 1. The maximum absolute atomic E-state index is 14.6. The molecule has 4 heteroatoms. The Bertz CT molecular complexity index is 603. The van der Waals surface area contributed by atoms with Crippen LogP contribution in [0.3, 0.4) is 0 Å². The molecule has 2 aromatic rings. The van der Waals surface area contributed by atoms with Crippen molar-refractivity contribution in [2.75, 3.05) is 13.7 Å². The number of hydrogen-bond acceptors (Lipinski definition) is 2. The summed E-state index contributed by atoms with van der Waals surface area (Å²) in [5.74, 6) is -0.0185. The minimum absolute atomic E-state index is 0.173. The smallest absolute Gasteiger partial charge is 0.170 e. The van der Waals surface area contributed by atoms with E-state index >= 15 is 0 Å². The van der Waals surface area contributed by atoms with Crippen LogP contribution in [-0.2, 0) is 0 Å². The van der Waals surface area contributed by atoms with E-state index in [1.807, 2.05) is 36.4 Å². The molecule has 21 heavy (non-hydrogen) atoms. The van der Waals surface area contributed by atoms with Gasteiger partial charge in [0.1, 0.15) is 0 Å². The minimum atomic E-state index is -0.298. The maximum Gasteiger partial charge on any atom is 0.170 e. The zero-order valence-corrected chi connectivity index (χ0v) is 14.4. The highest BCUT2D eigenvalue weighted by Crippen LogP contribution is 2.31. The van der Waals surface area contributed by atoms with Gasteiger partial charge in [-0.3, -0.25) is 0 Å². The van der Waals surface area contributed by atoms with Crippen LogP contribution < -0.4 is 10.1 Å². The van der Waals surface area contributed by atoms with E-state index in [9.17, 15) is 4.39 Å². The van der Waals surface area contributed by atoms with E-state index in [4.69, 9.17) is 4.74 Å². The number of rotatable bonds is 6. The first kappa shape index (κ1) is 16.2. The number of hydrogen-bond donors (Lipinski definition) is 1. The van der Waals surface area contributed by atoms with Crippen LogP contribution >= 0.6 is 22.6 Å². The fourth-order valence-corrected chi connectivity index (χ4v) is 2.99. The Balaban J connectivity index is 2.48. The van der Waals surface area contributed by atoms with Gasteiger partial charge in [0.15, 0.2) is 11.6 Å². The molecule has 0 bridgehead atoms. The van der Waals surface area contributed by atoms with Crippen LogP contribution in [0.15, 0.2) is 42.5 Å². The molecule has 0 aliphatic carbocycles. The monoisotopic (exact) mass is 399 g/mol. The summed E-state index contributed by atoms with van der Waals surface area (Å²) in [6.45, 7) is 2.92. The molecule has 2 rings (SSSR count). The SMILES string of the molecule is CCCNC(c1ccccc1I)c1cccc(OC)c1F. The first-order valence-electron chi connectivity index (χ1n) is 6.99. The summed E-state index contributed by atoms with van der Waals surface area (Å²) in [4.78, 5) is 0. The lowest BCUT2D eigenvalue weighted by atomic mass is 9.97. The number of halogens is 2. The van der Waals surface area contributed by atoms with Crippen molar-refractivity contribution in [1.82, 2.24) is 5.32 Å². The van der Waals surface area contributed by atoms with Crippen molar-refractivity contribution >= 4 is 22.6 Å². The molecule has 0 heterocycles. The summed E-state index contributed by atoms with van der Waals surface area (Å²) in [6.07, 6.45) is 0.992. The molecule has 0 amide bonds. The first-order chi connectivity index (χ1) is 10.2. The lowest BCUT2D eigenvalue weighted by molar-refractivity contribution is 0.381. The number of benzene rings is 2. The van der Waals surface area contributed by atoms with Crippen molar-refractivity contribution in [1.29, 1.82) is 0 Å². The highest BCUT2D eigenvalue weighted by atomic mass is 127. The molecule has 0 radical (unpaired) electrons. The van der Waals surface area contributed by atoms with Crippen molar-refractivity contribution in [2.24, 2.45) is 0 Å². The molecule has 0 aliphatic heterocycles. The van der Waals surface area contributed by atoms with Gasteiger partial charge in [-0.25, -0.2) is 4.39 Å². The Hall–Kier alpha value is -1.14. The first-order valence-corrected chi connectivity index (χ1v) is 8.07. The lowest BCUT2D eigenvalue weighted by Gasteiger charge is -2.22. The van der Waals surface area contributed by atoms with E-state index in [1.54, 1.807) is 6.07 Å². The van der Waals surface area contributed by atoms with Gasteiger partial charge in [-0.15, -0.1) is 0 Å². The molecule has 1 N–H and O–H groups in total. The Labute approximate surface area is 138 Å². The lowest BCUT2D eigenvalue weighted by Crippen LogP contribution is -2.25. The molecule has 2 aromatic carbocycles. The summed E-state index contributed by atoms with van der Waals surface area (Å²) in [5.41, 5.74) is 1.70. The van der Waals surface area contributed by atoms with E-state index in [1.165, 1.54) is 7.11 Å². The third kappa shape index (κ3) is 3.74. The molecule has 1 atom stereocenters. The Morgan fingerprint density at radius 3 is 2.52 bits per heavy atom. The van der Waals surface area contributed by atoms with Crippen LogP contribution in [0.25, 0.3) is 0 Å². The van der Waals surface area contributed by atoms with Crippen molar-refractivity contribution in [3.8, 4) is 5.75 Å². The summed E-state index contributed by atoms with van der Waals surface area (Å²) in [5, 5.41) is 3.43. The zero-order valence-electron chi connectivity index (χ0n) is 12.2. The van der Waals surface area contributed by atoms with Crippen molar-refractivity contribution in [3.63, 3.8) is 0 Å². The van der Waals surface area contributed by atoms with E-state index in [0.717, 1.165) is 22.1 Å². The Kier molecular flexibility index (Phi) is 5.99. The second kappa shape index (κ2) is 7.75. The molecule has 0 aliphatic rings. The van der Waals surface area contributed by atoms with E-state index in [2.05, 4.69) is 34.8 Å². The summed E-state index contributed by atoms with van der Waals surface area (Å²) in [7, 11) is 1.49. The van der Waals surface area contributed by atoms with Crippen LogP contribution in [0, 0.1) is 9.39 Å².